The van der Waals surface area contributed by atoms with Crippen molar-refractivity contribution in [2.45, 2.75) is 45.1 Å². The van der Waals surface area contributed by atoms with Gasteiger partial charge in [-0.2, -0.15) is 0 Å². The SMILES string of the molecule is CC1CCCCC1N(C)C(=O)CC(N)=NO. The number of hydrogen-bond acceptors (Lipinski definition) is 3. The number of nitrogens with zero attached hydrogens (tertiary/aromatic N) is 2. The van der Waals surface area contributed by atoms with E-state index in [-0.39, 0.29) is 18.2 Å². The maximum absolute atomic E-state index is 11.8. The molecule has 16 heavy (non-hydrogen) atoms. The molecule has 5 heteroatoms. The lowest BCUT2D eigenvalue weighted by Gasteiger charge is -2.36. The van der Waals surface area contributed by atoms with E-state index in [9.17, 15) is 4.79 Å². The fourth-order valence-electron chi connectivity index (χ4n) is 2.37. The zero-order valence-corrected chi connectivity index (χ0v) is 10.0. The minimum absolute atomic E-state index is 0.00375. The van der Waals surface area contributed by atoms with Gasteiger partial charge in [-0.05, 0) is 18.8 Å². The number of oxime groups is 1. The van der Waals surface area contributed by atoms with Gasteiger partial charge in [0.2, 0.25) is 5.91 Å². The van der Waals surface area contributed by atoms with Gasteiger partial charge in [0.15, 0.2) is 0 Å². The van der Waals surface area contributed by atoms with Crippen molar-refractivity contribution in [1.29, 1.82) is 0 Å². The molecular weight excluding hydrogens is 206 g/mol. The fourth-order valence-corrected chi connectivity index (χ4v) is 2.37. The van der Waals surface area contributed by atoms with Gasteiger partial charge in [-0.15, -0.1) is 0 Å². The second kappa shape index (κ2) is 5.72. The van der Waals surface area contributed by atoms with E-state index in [0.29, 0.717) is 12.0 Å². The molecule has 0 aromatic heterocycles. The zero-order chi connectivity index (χ0) is 12.1. The number of carbonyl (C=O) groups excluding carboxylic acids is 1. The molecule has 1 rings (SSSR count). The topological polar surface area (TPSA) is 78.9 Å². The van der Waals surface area contributed by atoms with Crippen LogP contribution in [0.5, 0.6) is 0 Å². The van der Waals surface area contributed by atoms with Gasteiger partial charge in [0.25, 0.3) is 0 Å². The molecule has 1 fully saturated rings. The molecule has 1 amide bonds. The van der Waals surface area contributed by atoms with Crippen molar-refractivity contribution in [3.63, 3.8) is 0 Å². The van der Waals surface area contributed by atoms with Crippen molar-refractivity contribution in [3.05, 3.63) is 0 Å². The highest BCUT2D eigenvalue weighted by Crippen LogP contribution is 2.27. The summed E-state index contributed by atoms with van der Waals surface area (Å²) in [6, 6.07) is 0.299. The van der Waals surface area contributed by atoms with Crippen molar-refractivity contribution in [3.8, 4) is 0 Å². The second-order valence-corrected chi connectivity index (χ2v) is 4.60. The Bertz CT molecular complexity index is 278. The lowest BCUT2D eigenvalue weighted by Crippen LogP contribution is -2.43. The second-order valence-electron chi connectivity index (χ2n) is 4.60. The predicted octanol–water partition coefficient (Wildman–Crippen LogP) is 1.16. The number of nitrogens with two attached hydrogens (primary N) is 1. The Kier molecular flexibility index (Phi) is 4.58. The minimum Gasteiger partial charge on any atom is -0.409 e. The van der Waals surface area contributed by atoms with E-state index in [1.54, 1.807) is 11.9 Å². The first-order chi connectivity index (χ1) is 7.56. The van der Waals surface area contributed by atoms with Crippen molar-refractivity contribution in [2.75, 3.05) is 7.05 Å². The molecule has 1 aliphatic rings. The summed E-state index contributed by atoms with van der Waals surface area (Å²) in [6.45, 7) is 2.18. The number of hydrogen-bond donors (Lipinski definition) is 2. The summed E-state index contributed by atoms with van der Waals surface area (Å²) in [7, 11) is 1.81. The number of amidine groups is 1. The number of amides is 1. The van der Waals surface area contributed by atoms with Crippen molar-refractivity contribution in [2.24, 2.45) is 16.8 Å². The van der Waals surface area contributed by atoms with E-state index < -0.39 is 0 Å². The van der Waals surface area contributed by atoms with E-state index in [0.717, 1.165) is 6.42 Å². The normalized spacial score (nSPS) is 26.5. The Labute approximate surface area is 96.3 Å². The van der Waals surface area contributed by atoms with Gasteiger partial charge in [0.05, 0.1) is 6.42 Å². The van der Waals surface area contributed by atoms with Crippen molar-refractivity contribution >= 4 is 11.7 Å². The summed E-state index contributed by atoms with van der Waals surface area (Å²) < 4.78 is 0. The highest BCUT2D eigenvalue weighted by Gasteiger charge is 2.27. The Morgan fingerprint density at radius 2 is 2.12 bits per heavy atom. The molecule has 0 aromatic carbocycles. The molecule has 0 spiro atoms. The van der Waals surface area contributed by atoms with E-state index in [2.05, 4.69) is 12.1 Å². The van der Waals surface area contributed by atoms with Gasteiger partial charge in [0, 0.05) is 13.1 Å². The number of rotatable bonds is 3. The van der Waals surface area contributed by atoms with Gasteiger partial charge >= 0.3 is 0 Å². The number of carbonyl (C=O) groups is 1. The van der Waals surface area contributed by atoms with Crippen LogP contribution in [0, 0.1) is 5.92 Å². The summed E-state index contributed by atoms with van der Waals surface area (Å²) in [5.74, 6) is 0.435. The third-order valence-electron chi connectivity index (χ3n) is 3.42. The molecule has 0 radical (unpaired) electrons. The monoisotopic (exact) mass is 227 g/mol. The largest absolute Gasteiger partial charge is 0.409 e. The first-order valence-electron chi connectivity index (χ1n) is 5.78. The minimum atomic E-state index is -0.0750. The predicted molar refractivity (Wildman–Crippen MR) is 62.2 cm³/mol. The summed E-state index contributed by atoms with van der Waals surface area (Å²) in [6.07, 6.45) is 4.65. The summed E-state index contributed by atoms with van der Waals surface area (Å²) in [5.41, 5.74) is 5.33. The summed E-state index contributed by atoms with van der Waals surface area (Å²) >= 11 is 0. The standard InChI is InChI=1S/C11H21N3O2/c1-8-5-3-4-6-9(8)14(2)11(15)7-10(12)13-16/h8-9,16H,3-7H2,1-2H3,(H2,12,13). The summed E-state index contributed by atoms with van der Waals surface area (Å²) in [4.78, 5) is 13.6. The highest BCUT2D eigenvalue weighted by molar-refractivity contribution is 5.98. The Balaban J connectivity index is 2.55. The third kappa shape index (κ3) is 3.12. The van der Waals surface area contributed by atoms with Crippen LogP contribution in [0.3, 0.4) is 0 Å². The van der Waals surface area contributed by atoms with Crippen LogP contribution in [0.2, 0.25) is 0 Å². The lowest BCUT2D eigenvalue weighted by molar-refractivity contribution is -0.132. The van der Waals surface area contributed by atoms with Crippen LogP contribution in [0.15, 0.2) is 5.16 Å². The molecular formula is C11H21N3O2. The molecule has 2 atom stereocenters. The van der Waals surface area contributed by atoms with Crippen LogP contribution in [0.1, 0.15) is 39.0 Å². The maximum Gasteiger partial charge on any atom is 0.230 e. The molecule has 5 nitrogen and oxygen atoms in total. The highest BCUT2D eigenvalue weighted by atomic mass is 16.4. The molecule has 0 saturated heterocycles. The van der Waals surface area contributed by atoms with Gasteiger partial charge in [-0.3, -0.25) is 4.79 Å². The van der Waals surface area contributed by atoms with Gasteiger partial charge in [-0.25, -0.2) is 0 Å². The van der Waals surface area contributed by atoms with E-state index in [1.807, 2.05) is 0 Å². The Morgan fingerprint density at radius 1 is 1.50 bits per heavy atom. The first-order valence-corrected chi connectivity index (χ1v) is 5.78. The quantitative estimate of drug-likeness (QED) is 0.328. The molecule has 0 aliphatic heterocycles. The molecule has 1 saturated carbocycles. The van der Waals surface area contributed by atoms with Crippen LogP contribution in [0.25, 0.3) is 0 Å². The van der Waals surface area contributed by atoms with Gasteiger partial charge in [-0.1, -0.05) is 24.9 Å². The zero-order valence-electron chi connectivity index (χ0n) is 10.0. The average molecular weight is 227 g/mol. The smallest absolute Gasteiger partial charge is 0.230 e. The van der Waals surface area contributed by atoms with E-state index in [1.165, 1.54) is 19.3 Å². The van der Waals surface area contributed by atoms with E-state index in [4.69, 9.17) is 10.9 Å². The molecule has 0 aromatic rings. The van der Waals surface area contributed by atoms with Crippen LogP contribution in [-0.4, -0.2) is 34.9 Å². The Morgan fingerprint density at radius 3 is 2.69 bits per heavy atom. The molecule has 3 N–H and O–H groups in total. The molecule has 0 bridgehead atoms. The molecule has 1 aliphatic carbocycles. The van der Waals surface area contributed by atoms with Crippen LogP contribution in [-0.2, 0) is 4.79 Å². The summed E-state index contributed by atoms with van der Waals surface area (Å²) in [5, 5.41) is 11.2. The molecule has 92 valence electrons. The van der Waals surface area contributed by atoms with Crippen molar-refractivity contribution < 1.29 is 10.0 Å². The van der Waals surface area contributed by atoms with Crippen LogP contribution >= 0.6 is 0 Å². The average Bonchev–Trinajstić information content (AvgIpc) is 2.28. The Hall–Kier alpha value is -1.26. The lowest BCUT2D eigenvalue weighted by atomic mass is 9.85. The molecule has 0 heterocycles. The third-order valence-corrected chi connectivity index (χ3v) is 3.42. The van der Waals surface area contributed by atoms with Gasteiger partial charge in [0.1, 0.15) is 5.84 Å². The van der Waals surface area contributed by atoms with Gasteiger partial charge < -0.3 is 15.8 Å². The first kappa shape index (κ1) is 12.8. The maximum atomic E-state index is 11.8. The fraction of sp³-hybridized carbons (Fsp3) is 0.818. The van der Waals surface area contributed by atoms with Crippen molar-refractivity contribution in [1.82, 2.24) is 4.90 Å². The molecule has 2 unspecified atom stereocenters. The van der Waals surface area contributed by atoms with Crippen LogP contribution < -0.4 is 5.73 Å². The van der Waals surface area contributed by atoms with Crippen LogP contribution in [0.4, 0.5) is 0 Å². The van der Waals surface area contributed by atoms with E-state index >= 15 is 0 Å².